The van der Waals surface area contributed by atoms with Gasteiger partial charge in [-0.15, -0.1) is 0 Å². The summed E-state index contributed by atoms with van der Waals surface area (Å²) in [5, 5.41) is 3.71. The third-order valence-corrected chi connectivity index (χ3v) is 4.49. The third kappa shape index (κ3) is 3.66. The van der Waals surface area contributed by atoms with Crippen LogP contribution in [0.3, 0.4) is 0 Å². The van der Waals surface area contributed by atoms with Gasteiger partial charge in [-0.2, -0.15) is 4.98 Å². The second kappa shape index (κ2) is 5.75. The predicted molar refractivity (Wildman–Crippen MR) is 75.9 cm³/mol. The fourth-order valence-corrected chi connectivity index (χ4v) is 3.30. The molecule has 2 rings (SSSR count). The number of aromatic nitrogens is 2. The average Bonchev–Trinajstić information content (AvgIpc) is 2.80. The van der Waals surface area contributed by atoms with Crippen molar-refractivity contribution in [3.8, 4) is 0 Å². The molecule has 0 spiro atoms. The van der Waals surface area contributed by atoms with E-state index in [1.165, 1.54) is 0 Å². The van der Waals surface area contributed by atoms with Crippen LogP contribution in [0.2, 0.25) is 0 Å². The van der Waals surface area contributed by atoms with E-state index >= 15 is 0 Å². The summed E-state index contributed by atoms with van der Waals surface area (Å²) in [6.07, 6.45) is 0.626. The minimum absolute atomic E-state index is 0.00957. The van der Waals surface area contributed by atoms with Gasteiger partial charge in [0, 0.05) is 6.42 Å². The highest BCUT2D eigenvalue weighted by molar-refractivity contribution is 7.89. The molecule has 20 heavy (non-hydrogen) atoms. The van der Waals surface area contributed by atoms with Gasteiger partial charge in [0.2, 0.25) is 5.89 Å². The highest BCUT2D eigenvalue weighted by Crippen LogP contribution is 2.16. The largest absolute Gasteiger partial charge is 0.338 e. The van der Waals surface area contributed by atoms with Crippen molar-refractivity contribution >= 4 is 9.84 Å². The van der Waals surface area contributed by atoms with Crippen molar-refractivity contribution in [1.82, 2.24) is 10.1 Å². The molecule has 5 nitrogen and oxygen atoms in total. The van der Waals surface area contributed by atoms with E-state index < -0.39 is 9.84 Å². The maximum absolute atomic E-state index is 12.2. The SMILES string of the molecule is CCc1noc(CS(=O)(=O)Cc2cc(C)ccc2C)n1. The van der Waals surface area contributed by atoms with Crippen LogP contribution in [0, 0.1) is 13.8 Å². The minimum Gasteiger partial charge on any atom is -0.338 e. The zero-order valence-corrected chi connectivity index (χ0v) is 12.7. The number of aryl methyl sites for hydroxylation is 3. The van der Waals surface area contributed by atoms with Gasteiger partial charge >= 0.3 is 0 Å². The molecular weight excluding hydrogens is 276 g/mol. The zero-order chi connectivity index (χ0) is 14.8. The number of hydrogen-bond donors (Lipinski definition) is 0. The van der Waals surface area contributed by atoms with Crippen molar-refractivity contribution in [2.75, 3.05) is 0 Å². The fourth-order valence-electron chi connectivity index (χ4n) is 1.92. The second-order valence-electron chi connectivity index (χ2n) is 4.92. The van der Waals surface area contributed by atoms with E-state index in [2.05, 4.69) is 10.1 Å². The number of nitrogens with zero attached hydrogens (tertiary/aromatic N) is 2. The third-order valence-electron chi connectivity index (χ3n) is 3.05. The molecule has 1 heterocycles. The average molecular weight is 294 g/mol. The minimum atomic E-state index is -3.32. The Bertz CT molecular complexity index is 705. The van der Waals surface area contributed by atoms with Gasteiger partial charge in [-0.3, -0.25) is 0 Å². The van der Waals surface area contributed by atoms with Crippen molar-refractivity contribution in [3.63, 3.8) is 0 Å². The van der Waals surface area contributed by atoms with E-state index in [0.29, 0.717) is 12.2 Å². The molecule has 6 heteroatoms. The molecule has 0 amide bonds. The Labute approximate surface area is 118 Å². The van der Waals surface area contributed by atoms with E-state index in [1.54, 1.807) is 0 Å². The van der Waals surface area contributed by atoms with Gasteiger partial charge in [0.1, 0.15) is 5.75 Å². The van der Waals surface area contributed by atoms with Gasteiger partial charge in [0.05, 0.1) is 5.75 Å². The van der Waals surface area contributed by atoms with Crippen molar-refractivity contribution in [1.29, 1.82) is 0 Å². The van der Waals surface area contributed by atoms with Crippen molar-refractivity contribution < 1.29 is 12.9 Å². The molecular formula is C14H18N2O3S. The highest BCUT2D eigenvalue weighted by atomic mass is 32.2. The molecule has 0 bridgehead atoms. The molecule has 2 aromatic rings. The first-order chi connectivity index (χ1) is 9.39. The van der Waals surface area contributed by atoms with Crippen molar-refractivity contribution in [2.24, 2.45) is 0 Å². The summed E-state index contributed by atoms with van der Waals surface area (Å²) in [6.45, 7) is 5.74. The Balaban J connectivity index is 2.16. The Morgan fingerprint density at radius 3 is 2.60 bits per heavy atom. The van der Waals surface area contributed by atoms with Gasteiger partial charge in [-0.1, -0.05) is 35.8 Å². The van der Waals surface area contributed by atoms with E-state index in [0.717, 1.165) is 16.7 Å². The molecule has 0 aliphatic rings. The first-order valence-corrected chi connectivity index (χ1v) is 8.30. The molecule has 0 unspecified atom stereocenters. The van der Waals surface area contributed by atoms with Crippen LogP contribution in [-0.2, 0) is 27.8 Å². The molecule has 0 fully saturated rings. The first kappa shape index (κ1) is 14.7. The van der Waals surface area contributed by atoms with E-state index in [1.807, 2.05) is 39.0 Å². The summed E-state index contributed by atoms with van der Waals surface area (Å²) < 4.78 is 29.3. The lowest BCUT2D eigenvalue weighted by Gasteiger charge is -2.07. The van der Waals surface area contributed by atoms with Crippen LogP contribution in [-0.4, -0.2) is 18.6 Å². The van der Waals surface area contributed by atoms with E-state index in [-0.39, 0.29) is 17.4 Å². The van der Waals surface area contributed by atoms with Crippen molar-refractivity contribution in [2.45, 2.75) is 38.7 Å². The summed E-state index contributed by atoms with van der Waals surface area (Å²) in [6, 6.07) is 5.80. The van der Waals surface area contributed by atoms with Crippen LogP contribution in [0.5, 0.6) is 0 Å². The molecule has 1 aromatic heterocycles. The number of rotatable bonds is 5. The summed E-state index contributed by atoms with van der Waals surface area (Å²) in [7, 11) is -3.32. The van der Waals surface area contributed by atoms with Crippen LogP contribution in [0.15, 0.2) is 22.7 Å². The topological polar surface area (TPSA) is 73.1 Å². The van der Waals surface area contributed by atoms with Crippen LogP contribution >= 0.6 is 0 Å². The molecule has 0 aliphatic heterocycles. The van der Waals surface area contributed by atoms with Crippen LogP contribution in [0.25, 0.3) is 0 Å². The molecule has 0 aliphatic carbocycles. The lowest BCUT2D eigenvalue weighted by atomic mass is 10.1. The van der Waals surface area contributed by atoms with E-state index in [4.69, 9.17) is 4.52 Å². The Hall–Kier alpha value is -1.69. The standard InChI is InChI=1S/C14H18N2O3S/c1-4-13-15-14(19-16-13)9-20(17,18)8-12-7-10(2)5-6-11(12)3/h5-7H,4,8-9H2,1-3H3. The molecule has 0 radical (unpaired) electrons. The number of hydrogen-bond acceptors (Lipinski definition) is 5. The molecule has 1 aromatic carbocycles. The maximum atomic E-state index is 12.2. The predicted octanol–water partition coefficient (Wildman–Crippen LogP) is 2.36. The smallest absolute Gasteiger partial charge is 0.241 e. The molecule has 0 N–H and O–H groups in total. The molecule has 108 valence electrons. The highest BCUT2D eigenvalue weighted by Gasteiger charge is 2.18. The Kier molecular flexibility index (Phi) is 4.23. The van der Waals surface area contributed by atoms with Crippen LogP contribution in [0.1, 0.15) is 35.3 Å². The summed E-state index contributed by atoms with van der Waals surface area (Å²) in [5.41, 5.74) is 2.84. The lowest BCUT2D eigenvalue weighted by molar-refractivity contribution is 0.383. The zero-order valence-electron chi connectivity index (χ0n) is 11.9. The molecule has 0 saturated carbocycles. The van der Waals surface area contributed by atoms with Gasteiger partial charge in [-0.05, 0) is 25.0 Å². The Morgan fingerprint density at radius 1 is 1.20 bits per heavy atom. The van der Waals surface area contributed by atoms with Gasteiger partial charge in [-0.25, -0.2) is 8.42 Å². The summed E-state index contributed by atoms with van der Waals surface area (Å²) in [5.74, 6) is 0.465. The maximum Gasteiger partial charge on any atom is 0.241 e. The van der Waals surface area contributed by atoms with Gasteiger partial charge in [0.25, 0.3) is 0 Å². The monoisotopic (exact) mass is 294 g/mol. The number of benzene rings is 1. The summed E-state index contributed by atoms with van der Waals surface area (Å²) >= 11 is 0. The van der Waals surface area contributed by atoms with Crippen LogP contribution < -0.4 is 0 Å². The normalized spacial score (nSPS) is 11.8. The van der Waals surface area contributed by atoms with Gasteiger partial charge < -0.3 is 4.52 Å². The number of sulfone groups is 1. The van der Waals surface area contributed by atoms with Crippen LogP contribution in [0.4, 0.5) is 0 Å². The van der Waals surface area contributed by atoms with Gasteiger partial charge in [0.15, 0.2) is 15.7 Å². The summed E-state index contributed by atoms with van der Waals surface area (Å²) in [4.78, 5) is 4.04. The molecule has 0 atom stereocenters. The fraction of sp³-hybridized carbons (Fsp3) is 0.429. The quantitative estimate of drug-likeness (QED) is 0.846. The first-order valence-electron chi connectivity index (χ1n) is 6.47. The van der Waals surface area contributed by atoms with Crippen molar-refractivity contribution in [3.05, 3.63) is 46.6 Å². The molecule has 0 saturated heterocycles. The lowest BCUT2D eigenvalue weighted by Crippen LogP contribution is -2.09. The van der Waals surface area contributed by atoms with E-state index in [9.17, 15) is 8.42 Å². The Morgan fingerprint density at radius 2 is 1.95 bits per heavy atom. The second-order valence-corrected chi connectivity index (χ2v) is 6.98.